The lowest BCUT2D eigenvalue weighted by Gasteiger charge is -2.33. The second-order valence-corrected chi connectivity index (χ2v) is 10.1. The van der Waals surface area contributed by atoms with Crippen LogP contribution >= 0.6 is 0 Å². The van der Waals surface area contributed by atoms with Gasteiger partial charge in [0.2, 0.25) is 5.95 Å². The molecule has 3 heterocycles. The van der Waals surface area contributed by atoms with Crippen molar-refractivity contribution in [3.63, 3.8) is 0 Å². The van der Waals surface area contributed by atoms with Crippen LogP contribution in [-0.2, 0) is 28.9 Å². The van der Waals surface area contributed by atoms with E-state index in [1.807, 2.05) is 36.4 Å². The molecule has 39 heavy (non-hydrogen) atoms. The maximum atomic E-state index is 13.2. The summed E-state index contributed by atoms with van der Waals surface area (Å²) in [5.74, 6) is 0.605. The summed E-state index contributed by atoms with van der Waals surface area (Å²) in [6, 6.07) is 16.7. The Kier molecular flexibility index (Phi) is 7.92. The molecule has 3 N–H and O–H groups in total. The number of fused-ring (bicyclic) bond motifs is 1. The number of amides is 2. The van der Waals surface area contributed by atoms with Gasteiger partial charge in [-0.25, -0.2) is 14.6 Å². The van der Waals surface area contributed by atoms with E-state index >= 15 is 0 Å². The lowest BCUT2D eigenvalue weighted by Crippen LogP contribution is -2.50. The van der Waals surface area contributed by atoms with Crippen LogP contribution in [0.1, 0.15) is 16.7 Å². The summed E-state index contributed by atoms with van der Waals surface area (Å²) in [5.41, 5.74) is 11.0. The Morgan fingerprint density at radius 3 is 2.51 bits per heavy atom. The number of anilines is 2. The Hall–Kier alpha value is -4.18. The number of benzene rings is 2. The van der Waals surface area contributed by atoms with Crippen LogP contribution < -0.4 is 16.0 Å². The number of carbonyl (C=O) groups excluding carboxylic acids is 2. The molecule has 5 rings (SSSR count). The lowest BCUT2D eigenvalue weighted by molar-refractivity contribution is -0.142. The van der Waals surface area contributed by atoms with Crippen molar-refractivity contribution in [2.45, 2.75) is 25.4 Å². The number of ether oxygens (including phenoxy) is 1. The number of hydrogen-bond donors (Lipinski definition) is 2. The smallest absolute Gasteiger partial charge is 0.328 e. The van der Waals surface area contributed by atoms with Crippen molar-refractivity contribution in [1.29, 1.82) is 0 Å². The number of likely N-dealkylation sites (N-methyl/N-ethyl adjacent to an activating group) is 1. The van der Waals surface area contributed by atoms with Crippen LogP contribution in [-0.4, -0.2) is 84.7 Å². The average Bonchev–Trinajstić information content (AvgIpc) is 2.96. The van der Waals surface area contributed by atoms with Gasteiger partial charge in [0.05, 0.1) is 12.8 Å². The van der Waals surface area contributed by atoms with Gasteiger partial charge in [0.15, 0.2) is 0 Å². The van der Waals surface area contributed by atoms with Crippen molar-refractivity contribution in [2.24, 2.45) is 0 Å². The standard InChI is InChI=1S/C29H35N7O3/c1-34-12-14-35(15-13-34)26-18-24(31-28(30)33-26)22-9-8-21-10-11-36(19-23(21)17-22)29(38)32-25(27(37)39-2)16-20-6-4-3-5-7-20/h3-9,17-18,25H,10-16,19H2,1-2H3,(H,32,38)(H2,30,31,33). The van der Waals surface area contributed by atoms with Gasteiger partial charge in [-0.2, -0.15) is 4.98 Å². The van der Waals surface area contributed by atoms with Gasteiger partial charge in [-0.05, 0) is 36.2 Å². The average molecular weight is 530 g/mol. The number of methoxy groups -OCH3 is 1. The summed E-state index contributed by atoms with van der Waals surface area (Å²) < 4.78 is 4.96. The highest BCUT2D eigenvalue weighted by Crippen LogP contribution is 2.28. The van der Waals surface area contributed by atoms with Gasteiger partial charge in [-0.1, -0.05) is 42.5 Å². The van der Waals surface area contributed by atoms with Crippen molar-refractivity contribution in [3.8, 4) is 11.3 Å². The largest absolute Gasteiger partial charge is 0.467 e. The highest BCUT2D eigenvalue weighted by atomic mass is 16.5. The van der Waals surface area contributed by atoms with Crippen molar-refractivity contribution in [3.05, 3.63) is 71.3 Å². The van der Waals surface area contributed by atoms with E-state index in [4.69, 9.17) is 10.5 Å². The molecule has 3 aromatic rings. The molecule has 2 amide bonds. The van der Waals surface area contributed by atoms with Gasteiger partial charge in [0.1, 0.15) is 11.9 Å². The fourth-order valence-corrected chi connectivity index (χ4v) is 5.11. The van der Waals surface area contributed by atoms with Crippen LogP contribution in [0.15, 0.2) is 54.6 Å². The number of piperazine rings is 1. The minimum absolute atomic E-state index is 0.243. The molecule has 1 saturated heterocycles. The van der Waals surface area contributed by atoms with E-state index in [2.05, 4.69) is 50.3 Å². The van der Waals surface area contributed by atoms with E-state index in [1.165, 1.54) is 12.7 Å². The van der Waals surface area contributed by atoms with Crippen molar-refractivity contribution < 1.29 is 14.3 Å². The molecule has 0 saturated carbocycles. The molecule has 10 nitrogen and oxygen atoms in total. The molecule has 2 aliphatic rings. The molecule has 2 aromatic carbocycles. The molecule has 0 aliphatic carbocycles. The zero-order valence-corrected chi connectivity index (χ0v) is 22.5. The molecule has 1 unspecified atom stereocenters. The number of nitrogen functional groups attached to an aromatic ring is 1. The molecule has 0 spiro atoms. The summed E-state index contributed by atoms with van der Waals surface area (Å²) in [5, 5.41) is 2.88. The molecular weight excluding hydrogens is 494 g/mol. The zero-order chi connectivity index (χ0) is 27.4. The molecule has 0 bridgehead atoms. The second-order valence-electron chi connectivity index (χ2n) is 10.1. The monoisotopic (exact) mass is 529 g/mol. The number of nitrogens with zero attached hydrogens (tertiary/aromatic N) is 5. The van der Waals surface area contributed by atoms with E-state index in [-0.39, 0.29) is 12.0 Å². The zero-order valence-electron chi connectivity index (χ0n) is 22.5. The summed E-state index contributed by atoms with van der Waals surface area (Å²) in [4.78, 5) is 40.9. The molecule has 10 heteroatoms. The van der Waals surface area contributed by atoms with Gasteiger partial charge in [-0.15, -0.1) is 0 Å². The Bertz CT molecular complexity index is 1330. The van der Waals surface area contributed by atoms with Crippen LogP contribution in [0.2, 0.25) is 0 Å². The maximum Gasteiger partial charge on any atom is 0.328 e. The first-order valence-corrected chi connectivity index (χ1v) is 13.3. The number of rotatable bonds is 6. The molecule has 204 valence electrons. The predicted octanol–water partition coefficient (Wildman–Crippen LogP) is 2.33. The van der Waals surface area contributed by atoms with Crippen LogP contribution in [0, 0.1) is 0 Å². The molecule has 1 fully saturated rings. The summed E-state index contributed by atoms with van der Waals surface area (Å²) >= 11 is 0. The minimum atomic E-state index is -0.769. The number of urea groups is 1. The lowest BCUT2D eigenvalue weighted by atomic mass is 9.96. The van der Waals surface area contributed by atoms with Crippen molar-refractivity contribution in [2.75, 3.05) is 57.5 Å². The van der Waals surface area contributed by atoms with Gasteiger partial charge in [-0.3, -0.25) is 0 Å². The van der Waals surface area contributed by atoms with E-state index in [1.54, 1.807) is 4.90 Å². The summed E-state index contributed by atoms with van der Waals surface area (Å²) in [6.45, 7) is 4.71. The Morgan fingerprint density at radius 1 is 1.00 bits per heavy atom. The van der Waals surface area contributed by atoms with Gasteiger partial charge < -0.3 is 30.5 Å². The molecule has 1 atom stereocenters. The fraction of sp³-hybridized carbons (Fsp3) is 0.379. The van der Waals surface area contributed by atoms with Gasteiger partial charge in [0, 0.05) is 57.3 Å². The van der Waals surface area contributed by atoms with Crippen molar-refractivity contribution >= 4 is 23.8 Å². The summed E-state index contributed by atoms with van der Waals surface area (Å²) in [7, 11) is 3.45. The first kappa shape index (κ1) is 26.4. The predicted molar refractivity (Wildman–Crippen MR) is 150 cm³/mol. The van der Waals surface area contributed by atoms with Crippen molar-refractivity contribution in [1.82, 2.24) is 25.1 Å². The topological polar surface area (TPSA) is 117 Å². The Balaban J connectivity index is 1.31. The first-order chi connectivity index (χ1) is 18.9. The third-order valence-corrected chi connectivity index (χ3v) is 7.42. The molecule has 2 aliphatic heterocycles. The first-order valence-electron chi connectivity index (χ1n) is 13.3. The molecular formula is C29H35N7O3. The van der Waals surface area contributed by atoms with E-state index in [0.29, 0.717) is 19.5 Å². The third kappa shape index (κ3) is 6.28. The highest BCUT2D eigenvalue weighted by Gasteiger charge is 2.27. The van der Waals surface area contributed by atoms with Crippen LogP contribution in [0.25, 0.3) is 11.3 Å². The second kappa shape index (κ2) is 11.7. The van der Waals surface area contributed by atoms with Crippen LogP contribution in [0.5, 0.6) is 0 Å². The Morgan fingerprint density at radius 2 is 1.77 bits per heavy atom. The van der Waals surface area contributed by atoms with Crippen LogP contribution in [0.3, 0.4) is 0 Å². The van der Waals surface area contributed by atoms with Crippen LogP contribution in [0.4, 0.5) is 16.6 Å². The SMILES string of the molecule is COC(=O)C(Cc1ccccc1)NC(=O)N1CCc2ccc(-c3cc(N4CCN(C)CC4)nc(N)n3)cc2C1. The number of nitrogens with two attached hydrogens (primary N) is 1. The van der Waals surface area contributed by atoms with Gasteiger partial charge >= 0.3 is 12.0 Å². The number of carbonyl (C=O) groups is 2. The number of esters is 1. The highest BCUT2D eigenvalue weighted by molar-refractivity contribution is 5.84. The third-order valence-electron chi connectivity index (χ3n) is 7.42. The number of aromatic nitrogens is 2. The fourth-order valence-electron chi connectivity index (χ4n) is 5.11. The minimum Gasteiger partial charge on any atom is -0.467 e. The molecule has 0 radical (unpaired) electrons. The Labute approximate surface area is 228 Å². The quantitative estimate of drug-likeness (QED) is 0.468. The number of nitrogens with one attached hydrogen (secondary N) is 1. The number of hydrogen-bond acceptors (Lipinski definition) is 8. The van der Waals surface area contributed by atoms with E-state index in [9.17, 15) is 9.59 Å². The normalized spacial score (nSPS) is 16.4. The van der Waals surface area contributed by atoms with E-state index in [0.717, 1.165) is 60.8 Å². The maximum absolute atomic E-state index is 13.2. The van der Waals surface area contributed by atoms with E-state index < -0.39 is 12.0 Å². The van der Waals surface area contributed by atoms with Gasteiger partial charge in [0.25, 0.3) is 0 Å². The summed E-state index contributed by atoms with van der Waals surface area (Å²) in [6.07, 6.45) is 1.08. The molecule has 1 aromatic heterocycles.